The summed E-state index contributed by atoms with van der Waals surface area (Å²) in [6, 6.07) is 10.2. The maximum absolute atomic E-state index is 6.19. The van der Waals surface area contributed by atoms with Gasteiger partial charge in [0.25, 0.3) is 0 Å². The first-order valence-electron chi connectivity index (χ1n) is 6.80. The van der Waals surface area contributed by atoms with Crippen LogP contribution < -0.4 is 5.73 Å². The van der Waals surface area contributed by atoms with Crippen molar-refractivity contribution in [1.29, 1.82) is 0 Å². The summed E-state index contributed by atoms with van der Waals surface area (Å²) in [5.41, 5.74) is 8.47. The van der Waals surface area contributed by atoms with Gasteiger partial charge in [0.05, 0.1) is 5.39 Å². The van der Waals surface area contributed by atoms with Crippen LogP contribution in [-0.2, 0) is 0 Å². The molecule has 0 bridgehead atoms. The van der Waals surface area contributed by atoms with E-state index in [0.717, 1.165) is 33.6 Å². The summed E-state index contributed by atoms with van der Waals surface area (Å²) >= 11 is 1.63. The summed E-state index contributed by atoms with van der Waals surface area (Å²) < 4.78 is 0. The van der Waals surface area contributed by atoms with Crippen LogP contribution >= 0.6 is 11.3 Å². The molecule has 4 heteroatoms. The normalized spacial score (nSPS) is 12.7. The summed E-state index contributed by atoms with van der Waals surface area (Å²) in [4.78, 5) is 10.2. The number of hydrogen-bond acceptors (Lipinski definition) is 4. The Hall–Kier alpha value is -1.94. The second-order valence-electron chi connectivity index (χ2n) is 4.97. The fourth-order valence-electron chi connectivity index (χ4n) is 2.22. The number of hydrogen-bond donors (Lipinski definition) is 1. The van der Waals surface area contributed by atoms with Gasteiger partial charge in [0, 0.05) is 16.9 Å². The van der Waals surface area contributed by atoms with Crippen LogP contribution in [0.3, 0.4) is 0 Å². The van der Waals surface area contributed by atoms with Crippen LogP contribution in [0.4, 0.5) is 5.82 Å². The molecule has 0 aliphatic carbocycles. The quantitative estimate of drug-likeness (QED) is 0.772. The predicted octanol–water partition coefficient (Wildman–Crippen LogP) is 4.45. The van der Waals surface area contributed by atoms with Crippen molar-refractivity contribution in [3.05, 3.63) is 41.5 Å². The highest BCUT2D eigenvalue weighted by Crippen LogP contribution is 2.36. The zero-order valence-corrected chi connectivity index (χ0v) is 12.4. The summed E-state index contributed by atoms with van der Waals surface area (Å²) in [5, 5.41) is 3.10. The van der Waals surface area contributed by atoms with Crippen molar-refractivity contribution in [3.63, 3.8) is 0 Å². The molecule has 1 aromatic carbocycles. The highest BCUT2D eigenvalue weighted by molar-refractivity contribution is 7.17. The third-order valence-corrected chi connectivity index (χ3v) is 4.49. The number of anilines is 1. The topological polar surface area (TPSA) is 51.8 Å². The average molecular weight is 283 g/mol. The second-order valence-corrected chi connectivity index (χ2v) is 5.83. The molecule has 102 valence electrons. The molecule has 1 atom stereocenters. The molecule has 0 aliphatic rings. The van der Waals surface area contributed by atoms with E-state index in [4.69, 9.17) is 5.73 Å². The third-order valence-electron chi connectivity index (χ3n) is 3.62. The molecule has 20 heavy (non-hydrogen) atoms. The Kier molecular flexibility index (Phi) is 3.40. The molecule has 1 unspecified atom stereocenters. The first-order chi connectivity index (χ1) is 9.70. The highest BCUT2D eigenvalue weighted by atomic mass is 32.1. The molecule has 2 N–H and O–H groups in total. The van der Waals surface area contributed by atoms with Gasteiger partial charge in [-0.05, 0) is 12.0 Å². The lowest BCUT2D eigenvalue weighted by Crippen LogP contribution is -2.03. The molecule has 0 radical (unpaired) electrons. The van der Waals surface area contributed by atoms with E-state index in [-0.39, 0.29) is 0 Å². The van der Waals surface area contributed by atoms with Gasteiger partial charge < -0.3 is 5.73 Å². The largest absolute Gasteiger partial charge is 0.383 e. The van der Waals surface area contributed by atoms with Gasteiger partial charge in [-0.3, -0.25) is 0 Å². The fourth-order valence-corrected chi connectivity index (χ4v) is 3.18. The molecule has 0 fully saturated rings. The molecule has 3 nitrogen and oxygen atoms in total. The molecular formula is C16H17N3S. The van der Waals surface area contributed by atoms with Gasteiger partial charge in [-0.2, -0.15) is 0 Å². The smallest absolute Gasteiger partial charge is 0.136 e. The van der Waals surface area contributed by atoms with Gasteiger partial charge in [0.2, 0.25) is 0 Å². The number of thiophene rings is 1. The molecule has 3 aromatic rings. The minimum Gasteiger partial charge on any atom is -0.383 e. The summed E-state index contributed by atoms with van der Waals surface area (Å²) in [5.74, 6) is 1.77. The first-order valence-corrected chi connectivity index (χ1v) is 7.68. The van der Waals surface area contributed by atoms with Crippen LogP contribution in [0.25, 0.3) is 21.3 Å². The minimum atomic E-state index is 0.337. The Morgan fingerprint density at radius 3 is 2.65 bits per heavy atom. The van der Waals surface area contributed by atoms with Crippen molar-refractivity contribution >= 4 is 27.4 Å². The highest BCUT2D eigenvalue weighted by Gasteiger charge is 2.15. The third kappa shape index (κ3) is 2.16. The van der Waals surface area contributed by atoms with Gasteiger partial charge in [-0.1, -0.05) is 44.2 Å². The van der Waals surface area contributed by atoms with E-state index < -0.39 is 0 Å². The van der Waals surface area contributed by atoms with Crippen LogP contribution in [0.1, 0.15) is 32.0 Å². The number of fused-ring (bicyclic) bond motifs is 1. The Labute approximate surface area is 122 Å². The number of nitrogen functional groups attached to an aromatic ring is 1. The van der Waals surface area contributed by atoms with E-state index in [2.05, 4.69) is 41.3 Å². The number of benzene rings is 1. The predicted molar refractivity (Wildman–Crippen MR) is 86.0 cm³/mol. The molecule has 0 saturated carbocycles. The number of rotatable bonds is 3. The van der Waals surface area contributed by atoms with Gasteiger partial charge in [-0.15, -0.1) is 11.3 Å². The maximum Gasteiger partial charge on any atom is 0.136 e. The lowest BCUT2D eigenvalue weighted by molar-refractivity contribution is 0.685. The maximum atomic E-state index is 6.19. The number of aromatic nitrogens is 2. The van der Waals surface area contributed by atoms with Crippen molar-refractivity contribution in [1.82, 2.24) is 9.97 Å². The Balaban J connectivity index is 2.19. The summed E-state index contributed by atoms with van der Waals surface area (Å²) in [7, 11) is 0. The zero-order chi connectivity index (χ0) is 14.1. The molecule has 2 aromatic heterocycles. The van der Waals surface area contributed by atoms with Gasteiger partial charge >= 0.3 is 0 Å². The molecular weight excluding hydrogens is 266 g/mol. The molecule has 3 rings (SSSR count). The Bertz CT molecular complexity index is 734. The van der Waals surface area contributed by atoms with E-state index in [1.54, 1.807) is 11.3 Å². The molecule has 2 heterocycles. The first kappa shape index (κ1) is 13.1. The molecule has 0 aliphatic heterocycles. The van der Waals surface area contributed by atoms with Crippen molar-refractivity contribution in [2.45, 2.75) is 26.2 Å². The molecule has 0 spiro atoms. The van der Waals surface area contributed by atoms with Gasteiger partial charge in [-0.25, -0.2) is 9.97 Å². The average Bonchev–Trinajstić information content (AvgIpc) is 2.91. The minimum absolute atomic E-state index is 0.337. The monoisotopic (exact) mass is 283 g/mol. The number of nitrogens with two attached hydrogens (primary N) is 1. The molecule has 0 amide bonds. The van der Waals surface area contributed by atoms with E-state index in [1.165, 1.54) is 0 Å². The van der Waals surface area contributed by atoms with Crippen molar-refractivity contribution in [2.24, 2.45) is 0 Å². The Morgan fingerprint density at radius 2 is 1.95 bits per heavy atom. The summed E-state index contributed by atoms with van der Waals surface area (Å²) in [6.45, 7) is 4.27. The van der Waals surface area contributed by atoms with E-state index in [9.17, 15) is 0 Å². The van der Waals surface area contributed by atoms with Gasteiger partial charge in [0.1, 0.15) is 16.5 Å². The van der Waals surface area contributed by atoms with Crippen LogP contribution in [-0.4, -0.2) is 9.97 Å². The fraction of sp³-hybridized carbons (Fsp3) is 0.250. The van der Waals surface area contributed by atoms with Gasteiger partial charge in [0.15, 0.2) is 0 Å². The van der Waals surface area contributed by atoms with Crippen LogP contribution in [0.5, 0.6) is 0 Å². The standard InChI is InChI=1S/C16H17N3S/c1-3-10(2)15-18-14(17)13-12(9-20-16(13)19-15)11-7-5-4-6-8-11/h4-10H,3H2,1-2H3,(H2,17,18,19). The zero-order valence-electron chi connectivity index (χ0n) is 11.6. The van der Waals surface area contributed by atoms with E-state index in [0.29, 0.717) is 11.7 Å². The van der Waals surface area contributed by atoms with Crippen LogP contribution in [0.15, 0.2) is 35.7 Å². The van der Waals surface area contributed by atoms with Crippen LogP contribution in [0, 0.1) is 0 Å². The van der Waals surface area contributed by atoms with Crippen molar-refractivity contribution in [2.75, 3.05) is 5.73 Å². The summed E-state index contributed by atoms with van der Waals surface area (Å²) in [6.07, 6.45) is 1.02. The Morgan fingerprint density at radius 1 is 1.20 bits per heavy atom. The van der Waals surface area contributed by atoms with Crippen LogP contribution in [0.2, 0.25) is 0 Å². The van der Waals surface area contributed by atoms with Crippen molar-refractivity contribution < 1.29 is 0 Å². The number of nitrogens with zero attached hydrogens (tertiary/aromatic N) is 2. The van der Waals surface area contributed by atoms with Crippen molar-refractivity contribution in [3.8, 4) is 11.1 Å². The molecule has 0 saturated heterocycles. The lowest BCUT2D eigenvalue weighted by atomic mass is 10.1. The van der Waals surface area contributed by atoms with E-state index in [1.807, 2.05) is 18.2 Å². The lowest BCUT2D eigenvalue weighted by Gasteiger charge is -2.09. The van der Waals surface area contributed by atoms with E-state index >= 15 is 0 Å². The second kappa shape index (κ2) is 5.21. The SMILES string of the molecule is CCC(C)c1nc(N)c2c(-c3ccccc3)csc2n1.